The molecule has 0 atom stereocenters. The summed E-state index contributed by atoms with van der Waals surface area (Å²) in [5.74, 6) is 0.520. The third-order valence-electron chi connectivity index (χ3n) is 1.52. The molecule has 0 amide bonds. The highest BCUT2D eigenvalue weighted by molar-refractivity contribution is 14.1. The second-order valence-corrected chi connectivity index (χ2v) is 6.08. The monoisotopic (exact) mass is 305 g/mol. The van der Waals surface area contributed by atoms with Gasteiger partial charge in [-0.1, -0.05) is 29.5 Å². The van der Waals surface area contributed by atoms with Crippen LogP contribution in [0, 0.1) is 0 Å². The van der Waals surface area contributed by atoms with Gasteiger partial charge in [-0.15, -0.1) is 0 Å². The van der Waals surface area contributed by atoms with E-state index in [1.165, 1.54) is 0 Å². The summed E-state index contributed by atoms with van der Waals surface area (Å²) in [6.45, 7) is 3.19. The standard InChI is InChI=1S/C7H16INO2S/c1-2-12(10,11)7-6-9-5-3-4-8/h9H,2-7H2,1H3. The van der Waals surface area contributed by atoms with E-state index in [1.54, 1.807) is 6.92 Å². The van der Waals surface area contributed by atoms with Gasteiger partial charge in [0.1, 0.15) is 0 Å². The normalized spacial score (nSPS) is 11.8. The Hall–Kier alpha value is 0.640. The highest BCUT2D eigenvalue weighted by Gasteiger charge is 2.05. The molecule has 5 heteroatoms. The highest BCUT2D eigenvalue weighted by atomic mass is 127. The quantitative estimate of drug-likeness (QED) is 0.431. The maximum absolute atomic E-state index is 11.0. The zero-order valence-corrected chi connectivity index (χ0v) is 10.3. The second kappa shape index (κ2) is 7.08. The first-order chi connectivity index (χ1) is 5.62. The predicted molar refractivity (Wildman–Crippen MR) is 60.7 cm³/mol. The first kappa shape index (κ1) is 12.6. The van der Waals surface area contributed by atoms with Gasteiger partial charge in [-0.25, -0.2) is 8.42 Å². The average Bonchev–Trinajstić information content (AvgIpc) is 2.04. The lowest BCUT2D eigenvalue weighted by molar-refractivity contribution is 0.592. The summed E-state index contributed by atoms with van der Waals surface area (Å²) in [4.78, 5) is 0. The Morgan fingerprint density at radius 1 is 1.33 bits per heavy atom. The minimum atomic E-state index is -2.77. The van der Waals surface area contributed by atoms with Crippen LogP contribution in [-0.2, 0) is 9.84 Å². The van der Waals surface area contributed by atoms with Gasteiger partial charge in [-0.3, -0.25) is 0 Å². The van der Waals surface area contributed by atoms with Crippen molar-refractivity contribution in [1.82, 2.24) is 5.32 Å². The number of hydrogen-bond donors (Lipinski definition) is 1. The smallest absolute Gasteiger partial charge is 0.151 e. The van der Waals surface area contributed by atoms with Gasteiger partial charge in [0.05, 0.1) is 5.75 Å². The minimum Gasteiger partial charge on any atom is -0.316 e. The van der Waals surface area contributed by atoms with Crippen molar-refractivity contribution in [2.45, 2.75) is 13.3 Å². The van der Waals surface area contributed by atoms with E-state index in [0.717, 1.165) is 17.4 Å². The van der Waals surface area contributed by atoms with Crippen LogP contribution in [0.1, 0.15) is 13.3 Å². The van der Waals surface area contributed by atoms with Crippen LogP contribution in [0.25, 0.3) is 0 Å². The van der Waals surface area contributed by atoms with Gasteiger partial charge < -0.3 is 5.32 Å². The molecule has 74 valence electrons. The van der Waals surface area contributed by atoms with Gasteiger partial charge in [0, 0.05) is 16.7 Å². The van der Waals surface area contributed by atoms with Crippen molar-refractivity contribution in [1.29, 1.82) is 0 Å². The Labute approximate surface area is 88.4 Å². The molecule has 3 nitrogen and oxygen atoms in total. The number of halogens is 1. The van der Waals surface area contributed by atoms with Gasteiger partial charge in [-0.05, 0) is 13.0 Å². The molecule has 0 heterocycles. The molecule has 0 aromatic carbocycles. The maximum Gasteiger partial charge on any atom is 0.151 e. The van der Waals surface area contributed by atoms with Crippen LogP contribution in [0.5, 0.6) is 0 Å². The predicted octanol–water partition coefficient (Wildman–Crippen LogP) is 0.836. The molecule has 1 N–H and O–H groups in total. The SMILES string of the molecule is CCS(=O)(=O)CCNCCCI. The van der Waals surface area contributed by atoms with Crippen molar-refractivity contribution in [3.63, 3.8) is 0 Å². The van der Waals surface area contributed by atoms with Crippen LogP contribution in [0.15, 0.2) is 0 Å². The van der Waals surface area contributed by atoms with E-state index < -0.39 is 9.84 Å². The van der Waals surface area contributed by atoms with E-state index in [2.05, 4.69) is 27.9 Å². The summed E-state index contributed by atoms with van der Waals surface area (Å²) < 4.78 is 23.1. The molecular formula is C7H16INO2S. The Morgan fingerprint density at radius 2 is 2.00 bits per heavy atom. The van der Waals surface area contributed by atoms with Gasteiger partial charge in [-0.2, -0.15) is 0 Å². The molecule has 0 spiro atoms. The lowest BCUT2D eigenvalue weighted by Gasteiger charge is -2.02. The minimum absolute atomic E-state index is 0.251. The van der Waals surface area contributed by atoms with Gasteiger partial charge >= 0.3 is 0 Å². The molecule has 0 rings (SSSR count). The van der Waals surface area contributed by atoms with E-state index in [9.17, 15) is 8.42 Å². The molecule has 0 fully saturated rings. The molecule has 0 bridgehead atoms. The van der Waals surface area contributed by atoms with Crippen LogP contribution in [0.3, 0.4) is 0 Å². The molecule has 0 saturated carbocycles. The zero-order valence-electron chi connectivity index (χ0n) is 7.35. The summed E-state index contributed by atoms with van der Waals surface area (Å²) in [6, 6.07) is 0. The fourth-order valence-electron chi connectivity index (χ4n) is 0.689. The van der Waals surface area contributed by atoms with E-state index in [-0.39, 0.29) is 11.5 Å². The number of rotatable bonds is 7. The van der Waals surface area contributed by atoms with Crippen LogP contribution < -0.4 is 5.32 Å². The Bertz CT molecular complexity index is 192. The third kappa shape index (κ3) is 7.30. The molecule has 0 aliphatic rings. The van der Waals surface area contributed by atoms with E-state index >= 15 is 0 Å². The Morgan fingerprint density at radius 3 is 2.50 bits per heavy atom. The van der Waals surface area contributed by atoms with Crippen LogP contribution >= 0.6 is 22.6 Å². The van der Waals surface area contributed by atoms with Crippen molar-refractivity contribution >= 4 is 32.4 Å². The Kier molecular flexibility index (Phi) is 7.46. The topological polar surface area (TPSA) is 46.2 Å². The molecule has 0 saturated heterocycles. The molecule has 0 unspecified atom stereocenters. The first-order valence-corrected chi connectivity index (χ1v) is 7.44. The summed E-state index contributed by atoms with van der Waals surface area (Å²) in [5.41, 5.74) is 0. The number of alkyl halides is 1. The fourth-order valence-corrected chi connectivity index (χ4v) is 1.81. The lowest BCUT2D eigenvalue weighted by atomic mass is 10.5. The summed E-state index contributed by atoms with van der Waals surface area (Å²) >= 11 is 2.30. The van der Waals surface area contributed by atoms with Crippen molar-refractivity contribution in [2.75, 3.05) is 29.0 Å². The van der Waals surface area contributed by atoms with E-state index in [0.29, 0.717) is 6.54 Å². The molecule has 0 aromatic rings. The summed E-state index contributed by atoms with van der Waals surface area (Å²) in [6.07, 6.45) is 1.10. The van der Waals surface area contributed by atoms with Crippen molar-refractivity contribution < 1.29 is 8.42 Å². The molecule has 0 aromatic heterocycles. The highest BCUT2D eigenvalue weighted by Crippen LogP contribution is 1.88. The fraction of sp³-hybridized carbons (Fsp3) is 1.00. The van der Waals surface area contributed by atoms with E-state index in [4.69, 9.17) is 0 Å². The summed E-state index contributed by atoms with van der Waals surface area (Å²) in [7, 11) is -2.77. The van der Waals surface area contributed by atoms with E-state index in [1.807, 2.05) is 0 Å². The maximum atomic E-state index is 11.0. The number of sulfone groups is 1. The van der Waals surface area contributed by atoms with Gasteiger partial charge in [0.25, 0.3) is 0 Å². The second-order valence-electron chi connectivity index (χ2n) is 2.53. The van der Waals surface area contributed by atoms with Crippen molar-refractivity contribution in [3.05, 3.63) is 0 Å². The molecule has 0 radical (unpaired) electrons. The summed E-state index contributed by atoms with van der Waals surface area (Å²) in [5, 5.41) is 3.09. The van der Waals surface area contributed by atoms with Crippen molar-refractivity contribution in [3.8, 4) is 0 Å². The molecular weight excluding hydrogens is 289 g/mol. The van der Waals surface area contributed by atoms with Crippen LogP contribution in [0.2, 0.25) is 0 Å². The third-order valence-corrected chi connectivity index (χ3v) is 3.99. The largest absolute Gasteiger partial charge is 0.316 e. The molecule has 0 aliphatic carbocycles. The van der Waals surface area contributed by atoms with Crippen LogP contribution in [0.4, 0.5) is 0 Å². The molecule has 0 aliphatic heterocycles. The van der Waals surface area contributed by atoms with Crippen LogP contribution in [-0.4, -0.2) is 37.4 Å². The van der Waals surface area contributed by atoms with Gasteiger partial charge in [0.15, 0.2) is 9.84 Å². The molecule has 12 heavy (non-hydrogen) atoms. The average molecular weight is 305 g/mol. The Balaban J connectivity index is 3.32. The first-order valence-electron chi connectivity index (χ1n) is 4.09. The number of nitrogens with one attached hydrogen (secondary N) is 1. The number of hydrogen-bond acceptors (Lipinski definition) is 3. The lowest BCUT2D eigenvalue weighted by Crippen LogP contribution is -2.24. The zero-order chi connectivity index (χ0) is 9.45. The van der Waals surface area contributed by atoms with Gasteiger partial charge in [0.2, 0.25) is 0 Å². The van der Waals surface area contributed by atoms with Crippen molar-refractivity contribution in [2.24, 2.45) is 0 Å².